The number of amides is 1. The zero-order valence-electron chi connectivity index (χ0n) is 14.9. The third kappa shape index (κ3) is 3.99. The van der Waals surface area contributed by atoms with Gasteiger partial charge in [-0.2, -0.15) is 0 Å². The van der Waals surface area contributed by atoms with Crippen molar-refractivity contribution in [3.05, 3.63) is 41.5 Å². The number of rotatable bonds is 5. The lowest BCUT2D eigenvalue weighted by atomic mass is 10.2. The van der Waals surface area contributed by atoms with E-state index in [1.165, 1.54) is 0 Å². The maximum absolute atomic E-state index is 12.6. The van der Waals surface area contributed by atoms with E-state index in [4.69, 9.17) is 9.47 Å². The maximum atomic E-state index is 12.6. The molecule has 7 nitrogen and oxygen atoms in total. The molecular formula is C18H24N4O3. The molecule has 0 unspecified atom stereocenters. The smallest absolute Gasteiger partial charge is 0.260 e. The first-order chi connectivity index (χ1) is 12.1. The van der Waals surface area contributed by atoms with E-state index < -0.39 is 0 Å². The molecule has 1 aromatic carbocycles. The monoisotopic (exact) mass is 344 g/mol. The summed E-state index contributed by atoms with van der Waals surface area (Å²) in [5.41, 5.74) is 1.16. The summed E-state index contributed by atoms with van der Waals surface area (Å²) < 4.78 is 12.9. The predicted octanol–water partition coefficient (Wildman–Crippen LogP) is 1.59. The lowest BCUT2D eigenvalue weighted by Crippen LogP contribution is -2.42. The Bertz CT molecular complexity index is 726. The van der Waals surface area contributed by atoms with Crippen LogP contribution in [0.3, 0.4) is 0 Å². The standard InChI is InChI=1S/C18H24N4O3/c1-13-4-6-15(7-5-13)25-12-18(23)21-8-9-22-16(10-14(21)2)19-20-17(22)11-24-3/h4-7,14H,8-12H2,1-3H3/t14-/m1/s1. The first-order valence-electron chi connectivity index (χ1n) is 8.47. The summed E-state index contributed by atoms with van der Waals surface area (Å²) >= 11 is 0. The van der Waals surface area contributed by atoms with Crippen LogP contribution < -0.4 is 4.74 Å². The Hall–Kier alpha value is -2.41. The van der Waals surface area contributed by atoms with Gasteiger partial charge in [0, 0.05) is 32.7 Å². The van der Waals surface area contributed by atoms with Crippen LogP contribution in [0.1, 0.15) is 24.1 Å². The van der Waals surface area contributed by atoms with Crippen molar-refractivity contribution in [2.24, 2.45) is 0 Å². The van der Waals surface area contributed by atoms with Crippen molar-refractivity contribution in [2.75, 3.05) is 20.3 Å². The van der Waals surface area contributed by atoms with E-state index in [0.29, 0.717) is 31.9 Å². The van der Waals surface area contributed by atoms with Gasteiger partial charge in [0.2, 0.25) is 0 Å². The Morgan fingerprint density at radius 3 is 2.72 bits per heavy atom. The topological polar surface area (TPSA) is 69.5 Å². The Morgan fingerprint density at radius 2 is 2.00 bits per heavy atom. The lowest BCUT2D eigenvalue weighted by Gasteiger charge is -2.26. The predicted molar refractivity (Wildman–Crippen MR) is 92.3 cm³/mol. The summed E-state index contributed by atoms with van der Waals surface area (Å²) in [7, 11) is 1.64. The largest absolute Gasteiger partial charge is 0.484 e. The highest BCUT2D eigenvalue weighted by atomic mass is 16.5. The van der Waals surface area contributed by atoms with Gasteiger partial charge in [0.25, 0.3) is 5.91 Å². The fourth-order valence-electron chi connectivity index (χ4n) is 3.05. The van der Waals surface area contributed by atoms with Crippen LogP contribution in [0, 0.1) is 6.92 Å². The van der Waals surface area contributed by atoms with Gasteiger partial charge < -0.3 is 18.9 Å². The maximum Gasteiger partial charge on any atom is 0.260 e. The molecule has 0 spiro atoms. The molecule has 1 atom stereocenters. The highest BCUT2D eigenvalue weighted by Gasteiger charge is 2.27. The van der Waals surface area contributed by atoms with Crippen LogP contribution >= 0.6 is 0 Å². The molecular weight excluding hydrogens is 320 g/mol. The second kappa shape index (κ2) is 7.65. The van der Waals surface area contributed by atoms with Crippen molar-refractivity contribution in [2.45, 2.75) is 39.5 Å². The molecule has 1 aliphatic rings. The minimum absolute atomic E-state index is 0.0138. The fourth-order valence-corrected chi connectivity index (χ4v) is 3.05. The summed E-state index contributed by atoms with van der Waals surface area (Å²) in [6.45, 7) is 5.79. The van der Waals surface area contributed by atoms with Gasteiger partial charge >= 0.3 is 0 Å². The Kier molecular flexibility index (Phi) is 5.33. The minimum atomic E-state index is -0.0138. The first-order valence-corrected chi connectivity index (χ1v) is 8.47. The molecule has 0 radical (unpaired) electrons. The van der Waals surface area contributed by atoms with E-state index in [9.17, 15) is 4.79 Å². The van der Waals surface area contributed by atoms with Crippen molar-refractivity contribution in [1.82, 2.24) is 19.7 Å². The number of aromatic nitrogens is 3. The van der Waals surface area contributed by atoms with Gasteiger partial charge in [0.05, 0.1) is 0 Å². The average Bonchev–Trinajstić information content (AvgIpc) is 2.88. The number of fused-ring (bicyclic) bond motifs is 1. The van der Waals surface area contributed by atoms with Crippen LogP contribution in [0.2, 0.25) is 0 Å². The zero-order chi connectivity index (χ0) is 17.8. The van der Waals surface area contributed by atoms with Gasteiger partial charge in [-0.1, -0.05) is 17.7 Å². The van der Waals surface area contributed by atoms with Gasteiger partial charge in [-0.05, 0) is 26.0 Å². The second-order valence-corrected chi connectivity index (χ2v) is 6.36. The van der Waals surface area contributed by atoms with Crippen LogP contribution in [0.15, 0.2) is 24.3 Å². The number of methoxy groups -OCH3 is 1. The Labute approximate surface area is 147 Å². The average molecular weight is 344 g/mol. The summed E-state index contributed by atoms with van der Waals surface area (Å²) in [5, 5.41) is 8.42. The van der Waals surface area contributed by atoms with Gasteiger partial charge in [-0.25, -0.2) is 0 Å². The third-order valence-electron chi connectivity index (χ3n) is 4.46. The van der Waals surface area contributed by atoms with E-state index >= 15 is 0 Å². The van der Waals surface area contributed by atoms with Crippen LogP contribution in [0.4, 0.5) is 0 Å². The van der Waals surface area contributed by atoms with Crippen molar-refractivity contribution in [3.63, 3.8) is 0 Å². The molecule has 0 saturated carbocycles. The van der Waals surface area contributed by atoms with Crippen LogP contribution in [-0.2, 0) is 29.1 Å². The molecule has 0 saturated heterocycles. The number of hydrogen-bond acceptors (Lipinski definition) is 5. The number of aryl methyl sites for hydroxylation is 1. The van der Waals surface area contributed by atoms with E-state index in [1.54, 1.807) is 7.11 Å². The molecule has 0 fully saturated rings. The molecule has 1 aliphatic heterocycles. The molecule has 2 heterocycles. The summed E-state index contributed by atoms with van der Waals surface area (Å²) in [6.07, 6.45) is 0.674. The number of nitrogens with zero attached hydrogens (tertiary/aromatic N) is 4. The second-order valence-electron chi connectivity index (χ2n) is 6.36. The molecule has 2 aromatic rings. The highest BCUT2D eigenvalue weighted by Crippen LogP contribution is 2.16. The molecule has 0 N–H and O–H groups in total. The molecule has 0 bridgehead atoms. The Morgan fingerprint density at radius 1 is 1.24 bits per heavy atom. The SMILES string of the molecule is COCc1nnc2n1CCN(C(=O)COc1ccc(C)cc1)[C@H](C)C2. The van der Waals surface area contributed by atoms with Gasteiger partial charge in [0.15, 0.2) is 12.4 Å². The molecule has 134 valence electrons. The van der Waals surface area contributed by atoms with Crippen molar-refractivity contribution in [1.29, 1.82) is 0 Å². The van der Waals surface area contributed by atoms with E-state index in [-0.39, 0.29) is 18.6 Å². The molecule has 1 aromatic heterocycles. The van der Waals surface area contributed by atoms with Gasteiger partial charge in [-0.3, -0.25) is 4.79 Å². The quantitative estimate of drug-likeness (QED) is 0.824. The van der Waals surface area contributed by atoms with Gasteiger partial charge in [-0.15, -0.1) is 10.2 Å². The zero-order valence-corrected chi connectivity index (χ0v) is 14.9. The summed E-state index contributed by atoms with van der Waals surface area (Å²) in [5.74, 6) is 2.39. The first kappa shape index (κ1) is 17.4. The van der Waals surface area contributed by atoms with E-state index in [2.05, 4.69) is 10.2 Å². The number of carbonyl (C=O) groups excluding carboxylic acids is 1. The minimum Gasteiger partial charge on any atom is -0.484 e. The number of benzene rings is 1. The number of carbonyl (C=O) groups is 1. The van der Waals surface area contributed by atoms with E-state index in [0.717, 1.165) is 17.2 Å². The molecule has 3 rings (SSSR count). The van der Waals surface area contributed by atoms with Gasteiger partial charge in [0.1, 0.15) is 18.2 Å². The third-order valence-corrected chi connectivity index (χ3v) is 4.46. The number of ether oxygens (including phenoxy) is 2. The molecule has 25 heavy (non-hydrogen) atoms. The van der Waals surface area contributed by atoms with Crippen molar-refractivity contribution >= 4 is 5.91 Å². The van der Waals surface area contributed by atoms with Crippen LogP contribution in [0.25, 0.3) is 0 Å². The summed E-state index contributed by atoms with van der Waals surface area (Å²) in [4.78, 5) is 14.5. The Balaban J connectivity index is 1.62. The highest BCUT2D eigenvalue weighted by molar-refractivity contribution is 5.78. The normalized spacial score (nSPS) is 17.1. The van der Waals surface area contributed by atoms with Crippen molar-refractivity contribution in [3.8, 4) is 5.75 Å². The molecule has 1 amide bonds. The lowest BCUT2D eigenvalue weighted by molar-refractivity contribution is -0.135. The summed E-state index contributed by atoms with van der Waals surface area (Å²) in [6, 6.07) is 7.75. The van der Waals surface area contributed by atoms with E-state index in [1.807, 2.05) is 47.6 Å². The number of hydrogen-bond donors (Lipinski definition) is 0. The van der Waals surface area contributed by atoms with Crippen LogP contribution in [0.5, 0.6) is 5.75 Å². The van der Waals surface area contributed by atoms with Crippen molar-refractivity contribution < 1.29 is 14.3 Å². The van der Waals surface area contributed by atoms with Crippen LogP contribution in [-0.4, -0.2) is 51.9 Å². The fraction of sp³-hybridized carbons (Fsp3) is 0.500. The molecule has 0 aliphatic carbocycles. The molecule has 7 heteroatoms.